The van der Waals surface area contributed by atoms with Gasteiger partial charge in [0.2, 0.25) is 0 Å². The van der Waals surface area contributed by atoms with Crippen molar-refractivity contribution in [2.24, 2.45) is 0 Å². The molecule has 1 saturated heterocycles. The molecule has 4 heterocycles. The zero-order valence-electron chi connectivity index (χ0n) is 17.1. The zero-order valence-corrected chi connectivity index (χ0v) is 17.1. The van der Waals surface area contributed by atoms with Crippen LogP contribution in [-0.4, -0.2) is 58.3 Å². The molecule has 5 rings (SSSR count). The van der Waals surface area contributed by atoms with Crippen LogP contribution in [0.1, 0.15) is 24.2 Å². The molecular formula is C21H21F4N5O2. The van der Waals surface area contributed by atoms with Crippen LogP contribution in [0.25, 0.3) is 11.0 Å². The zero-order chi connectivity index (χ0) is 22.5. The summed E-state index contributed by atoms with van der Waals surface area (Å²) in [7, 11) is 0. The van der Waals surface area contributed by atoms with Crippen molar-refractivity contribution in [3.8, 4) is 5.75 Å². The number of halogens is 4. The highest BCUT2D eigenvalue weighted by molar-refractivity contribution is 5.88. The number of aromatic nitrogens is 3. The van der Waals surface area contributed by atoms with E-state index in [1.54, 1.807) is 6.07 Å². The van der Waals surface area contributed by atoms with Crippen molar-refractivity contribution >= 4 is 16.9 Å². The average Bonchev–Trinajstić information content (AvgIpc) is 3.20. The molecule has 1 aromatic carbocycles. The smallest absolute Gasteiger partial charge is 0.431 e. The number of H-pyrrole nitrogens is 1. The summed E-state index contributed by atoms with van der Waals surface area (Å²) < 4.78 is 65.0. The molecule has 3 aromatic rings. The Bertz CT molecular complexity index is 1140. The van der Waals surface area contributed by atoms with Gasteiger partial charge in [-0.1, -0.05) is 6.07 Å². The van der Waals surface area contributed by atoms with Gasteiger partial charge < -0.3 is 19.8 Å². The number of anilines is 1. The minimum absolute atomic E-state index is 0.0313. The number of hydrogen-bond acceptors (Lipinski definition) is 6. The molecule has 0 unspecified atom stereocenters. The van der Waals surface area contributed by atoms with Crippen molar-refractivity contribution < 1.29 is 27.0 Å². The van der Waals surface area contributed by atoms with Crippen LogP contribution in [0.5, 0.6) is 5.75 Å². The second-order valence-corrected chi connectivity index (χ2v) is 8.02. The van der Waals surface area contributed by atoms with Crippen molar-refractivity contribution in [1.29, 1.82) is 0 Å². The predicted molar refractivity (Wildman–Crippen MR) is 108 cm³/mol. The number of rotatable bonds is 3. The molecule has 0 aliphatic carbocycles. The Morgan fingerprint density at radius 1 is 1.22 bits per heavy atom. The van der Waals surface area contributed by atoms with E-state index in [2.05, 4.69) is 25.2 Å². The highest BCUT2D eigenvalue weighted by atomic mass is 19.4. The molecule has 0 spiro atoms. The van der Waals surface area contributed by atoms with Crippen LogP contribution >= 0.6 is 0 Å². The van der Waals surface area contributed by atoms with Gasteiger partial charge in [0.15, 0.2) is 0 Å². The summed E-state index contributed by atoms with van der Waals surface area (Å²) in [5, 5.41) is 3.53. The van der Waals surface area contributed by atoms with Crippen LogP contribution < -0.4 is 10.1 Å². The van der Waals surface area contributed by atoms with Gasteiger partial charge in [-0.25, -0.2) is 14.4 Å². The first-order valence-corrected chi connectivity index (χ1v) is 10.2. The molecule has 170 valence electrons. The number of hydrogen-bond donors (Lipinski definition) is 2. The summed E-state index contributed by atoms with van der Waals surface area (Å²) in [6, 6.07) is 4.73. The Hall–Kier alpha value is -2.92. The normalized spacial score (nSPS) is 24.2. The number of morpholine rings is 1. The maximum absolute atomic E-state index is 13.8. The minimum Gasteiger partial charge on any atom is -0.491 e. The van der Waals surface area contributed by atoms with Crippen molar-refractivity contribution in [1.82, 2.24) is 19.9 Å². The molecule has 1 fully saturated rings. The third-order valence-electron chi connectivity index (χ3n) is 5.87. The van der Waals surface area contributed by atoms with Crippen LogP contribution in [0.3, 0.4) is 0 Å². The molecular weight excluding hydrogens is 430 g/mol. The number of alkyl halides is 3. The number of nitrogens with zero attached hydrogens (tertiary/aromatic N) is 3. The van der Waals surface area contributed by atoms with Gasteiger partial charge in [0.1, 0.15) is 41.7 Å². The highest BCUT2D eigenvalue weighted by Crippen LogP contribution is 2.39. The van der Waals surface area contributed by atoms with Crippen LogP contribution in [-0.2, 0) is 10.9 Å². The number of ether oxygens (including phenoxy) is 2. The van der Waals surface area contributed by atoms with E-state index in [1.165, 1.54) is 18.5 Å². The quantitative estimate of drug-likeness (QED) is 0.591. The molecule has 0 radical (unpaired) electrons. The van der Waals surface area contributed by atoms with E-state index in [-0.39, 0.29) is 35.6 Å². The van der Waals surface area contributed by atoms with E-state index in [1.807, 2.05) is 6.92 Å². The lowest BCUT2D eigenvalue weighted by Crippen LogP contribution is -2.54. The molecule has 2 N–H and O–H groups in total. The van der Waals surface area contributed by atoms with Gasteiger partial charge in [-0.05, 0) is 19.1 Å². The molecule has 3 atom stereocenters. The van der Waals surface area contributed by atoms with Crippen molar-refractivity contribution in [2.45, 2.75) is 31.3 Å². The molecule has 2 aliphatic rings. The molecule has 0 bridgehead atoms. The second-order valence-electron chi connectivity index (χ2n) is 8.02. The lowest BCUT2D eigenvalue weighted by molar-refractivity contribution is -0.140. The van der Waals surface area contributed by atoms with Gasteiger partial charge in [-0.15, -0.1) is 0 Å². The van der Waals surface area contributed by atoms with E-state index >= 15 is 0 Å². The van der Waals surface area contributed by atoms with Crippen molar-refractivity contribution in [2.75, 3.05) is 31.6 Å². The summed E-state index contributed by atoms with van der Waals surface area (Å²) in [6.45, 7) is 4.17. The number of benzene rings is 1. The first-order valence-electron chi connectivity index (χ1n) is 10.2. The van der Waals surface area contributed by atoms with E-state index in [4.69, 9.17) is 9.47 Å². The second kappa shape index (κ2) is 7.89. The summed E-state index contributed by atoms with van der Waals surface area (Å²) in [6.07, 6.45) is -3.30. The highest BCUT2D eigenvalue weighted by Gasteiger charge is 2.38. The van der Waals surface area contributed by atoms with Crippen LogP contribution in [0, 0.1) is 5.82 Å². The lowest BCUT2D eigenvalue weighted by Gasteiger charge is -2.43. The first-order chi connectivity index (χ1) is 15.3. The van der Waals surface area contributed by atoms with E-state index in [0.29, 0.717) is 31.0 Å². The molecule has 2 aliphatic heterocycles. The minimum atomic E-state index is -4.53. The molecule has 0 saturated carbocycles. The fraction of sp³-hybridized carbons (Fsp3) is 0.429. The number of fused-ring (bicyclic) bond motifs is 2. The van der Waals surface area contributed by atoms with Crippen molar-refractivity contribution in [3.05, 3.63) is 47.7 Å². The van der Waals surface area contributed by atoms with Crippen molar-refractivity contribution in [3.63, 3.8) is 0 Å². The maximum atomic E-state index is 13.8. The topological polar surface area (TPSA) is 75.3 Å². The lowest BCUT2D eigenvalue weighted by atomic mass is 9.94. The van der Waals surface area contributed by atoms with Gasteiger partial charge in [-0.3, -0.25) is 4.90 Å². The number of nitrogens with one attached hydrogen (secondary N) is 2. The van der Waals surface area contributed by atoms with Gasteiger partial charge >= 0.3 is 6.18 Å². The molecule has 7 nitrogen and oxygen atoms in total. The van der Waals surface area contributed by atoms with Crippen LogP contribution in [0.15, 0.2) is 30.6 Å². The Balaban J connectivity index is 1.55. The first kappa shape index (κ1) is 21.0. The van der Waals surface area contributed by atoms with Gasteiger partial charge in [-0.2, -0.15) is 13.2 Å². The average molecular weight is 451 g/mol. The van der Waals surface area contributed by atoms with E-state index < -0.39 is 23.7 Å². The summed E-state index contributed by atoms with van der Waals surface area (Å²) in [5.74, 6) is 0.233. The number of aromatic amines is 1. The summed E-state index contributed by atoms with van der Waals surface area (Å²) in [5.41, 5.74) is -0.109. The fourth-order valence-corrected chi connectivity index (χ4v) is 4.36. The standard InChI is InChI=1S/C21H21F4N5O2/c1-11-8-30(4-5-31-11)15-9-32-16-6-12(22)2-3-13(16)18(15)29-20-14-7-17(21(23,24)25)28-19(14)26-10-27-20/h2-3,6-7,10-11,15,18H,4-5,8-9H2,1H3,(H2,26,27,28,29)/t11-,15-,18-/m1/s1. The Kier molecular flexibility index (Phi) is 5.17. The van der Waals surface area contributed by atoms with Crippen LogP contribution in [0.2, 0.25) is 0 Å². The monoisotopic (exact) mass is 451 g/mol. The molecule has 2 aromatic heterocycles. The third kappa shape index (κ3) is 3.86. The Labute approximate surface area is 180 Å². The molecule has 11 heteroatoms. The molecule has 32 heavy (non-hydrogen) atoms. The van der Waals surface area contributed by atoms with Gasteiger partial charge in [0, 0.05) is 24.7 Å². The fourth-order valence-electron chi connectivity index (χ4n) is 4.36. The van der Waals surface area contributed by atoms with Crippen LogP contribution in [0.4, 0.5) is 23.4 Å². The van der Waals surface area contributed by atoms with E-state index in [9.17, 15) is 17.6 Å². The predicted octanol–water partition coefficient (Wildman–Crippen LogP) is 3.75. The SMILES string of the molecule is C[C@@H]1CN([C@@H]2COc3cc(F)ccc3[C@H]2Nc2ncnc3[nH]c(C(F)(F)F)cc23)CCO1. The Morgan fingerprint density at radius 2 is 2.06 bits per heavy atom. The van der Waals surface area contributed by atoms with Gasteiger partial charge in [0.25, 0.3) is 0 Å². The third-order valence-corrected chi connectivity index (χ3v) is 5.87. The largest absolute Gasteiger partial charge is 0.491 e. The van der Waals surface area contributed by atoms with E-state index in [0.717, 1.165) is 6.07 Å². The summed E-state index contributed by atoms with van der Waals surface area (Å²) >= 11 is 0. The Morgan fingerprint density at radius 3 is 2.84 bits per heavy atom. The van der Waals surface area contributed by atoms with Gasteiger partial charge in [0.05, 0.1) is 30.2 Å². The summed E-state index contributed by atoms with van der Waals surface area (Å²) in [4.78, 5) is 12.7. The molecule has 0 amide bonds. The maximum Gasteiger partial charge on any atom is 0.431 e.